The van der Waals surface area contributed by atoms with Crippen molar-refractivity contribution in [1.82, 2.24) is 9.80 Å². The van der Waals surface area contributed by atoms with Gasteiger partial charge in [0, 0.05) is 43.2 Å². The minimum absolute atomic E-state index is 0.138. The van der Waals surface area contributed by atoms with E-state index in [2.05, 4.69) is 44.9 Å². The lowest BCUT2D eigenvalue weighted by atomic mass is 10.1. The van der Waals surface area contributed by atoms with Crippen LogP contribution in [0.25, 0.3) is 10.8 Å². The zero-order valence-electron chi connectivity index (χ0n) is 18.8. The van der Waals surface area contributed by atoms with Gasteiger partial charge in [0.1, 0.15) is 0 Å². The summed E-state index contributed by atoms with van der Waals surface area (Å²) in [6.07, 6.45) is 3.94. The highest BCUT2D eigenvalue weighted by molar-refractivity contribution is 8.00. The van der Waals surface area contributed by atoms with Crippen LogP contribution in [0.2, 0.25) is 0 Å². The number of nitro benzene ring substituents is 1. The number of rotatable bonds is 8. The van der Waals surface area contributed by atoms with E-state index in [0.717, 1.165) is 61.2 Å². The topological polar surface area (TPSA) is 61.7 Å². The summed E-state index contributed by atoms with van der Waals surface area (Å²) in [5, 5.41) is 14.0. The number of anilines is 1. The number of hydrogen-bond acceptors (Lipinski definition) is 6. The van der Waals surface area contributed by atoms with Crippen molar-refractivity contribution in [3.05, 3.63) is 76.3 Å². The van der Waals surface area contributed by atoms with Gasteiger partial charge < -0.3 is 9.62 Å². The Labute approximate surface area is 199 Å². The molecule has 1 saturated carbocycles. The Bertz CT molecular complexity index is 1130. The van der Waals surface area contributed by atoms with E-state index in [1.807, 2.05) is 18.2 Å². The maximum atomic E-state index is 11.6. The van der Waals surface area contributed by atoms with Crippen molar-refractivity contribution in [2.75, 3.05) is 37.4 Å². The first-order valence-corrected chi connectivity index (χ1v) is 12.6. The summed E-state index contributed by atoms with van der Waals surface area (Å²) in [5.74, 6) is 0.919. The minimum Gasteiger partial charge on any atom is -0.325 e. The predicted molar refractivity (Wildman–Crippen MR) is 136 cm³/mol. The zero-order chi connectivity index (χ0) is 22.6. The van der Waals surface area contributed by atoms with Gasteiger partial charge in [-0.25, -0.2) is 0 Å². The van der Waals surface area contributed by atoms with Crippen LogP contribution in [-0.2, 0) is 6.54 Å². The van der Waals surface area contributed by atoms with Gasteiger partial charge in [0.25, 0.3) is 5.69 Å². The summed E-state index contributed by atoms with van der Waals surface area (Å²) < 4.78 is 3.33. The Balaban J connectivity index is 1.25. The molecule has 1 aliphatic carbocycles. The fourth-order valence-electron chi connectivity index (χ4n) is 4.57. The van der Waals surface area contributed by atoms with Crippen molar-refractivity contribution in [2.45, 2.75) is 30.7 Å². The molecule has 1 aliphatic heterocycles. The van der Waals surface area contributed by atoms with Crippen molar-refractivity contribution in [3.8, 4) is 0 Å². The summed E-state index contributed by atoms with van der Waals surface area (Å²) in [7, 11) is 0. The smallest absolute Gasteiger partial charge is 0.271 e. The Morgan fingerprint density at radius 1 is 0.939 bits per heavy atom. The summed E-state index contributed by atoms with van der Waals surface area (Å²) >= 11 is 1.49. The van der Waals surface area contributed by atoms with Crippen molar-refractivity contribution in [1.29, 1.82) is 0 Å². The second-order valence-electron chi connectivity index (χ2n) is 9.23. The van der Waals surface area contributed by atoms with Crippen LogP contribution < -0.4 is 4.72 Å². The van der Waals surface area contributed by atoms with Crippen LogP contribution in [-0.4, -0.2) is 47.4 Å². The fraction of sp³-hybridized carbons (Fsp3) is 0.385. The first kappa shape index (κ1) is 22.2. The third kappa shape index (κ3) is 6.05. The van der Waals surface area contributed by atoms with E-state index in [1.165, 1.54) is 42.1 Å². The molecule has 3 aromatic rings. The summed E-state index contributed by atoms with van der Waals surface area (Å²) in [5.41, 5.74) is 1.89. The Morgan fingerprint density at radius 3 is 2.55 bits per heavy atom. The summed E-state index contributed by atoms with van der Waals surface area (Å²) in [4.78, 5) is 17.4. The van der Waals surface area contributed by atoms with E-state index in [1.54, 1.807) is 12.1 Å². The highest BCUT2D eigenvalue weighted by atomic mass is 32.2. The number of hydrogen-bond donors (Lipinski definition) is 1. The van der Waals surface area contributed by atoms with Crippen LogP contribution in [0.15, 0.2) is 65.6 Å². The van der Waals surface area contributed by atoms with Crippen LogP contribution in [0, 0.1) is 16.0 Å². The third-order valence-corrected chi connectivity index (χ3v) is 7.32. The van der Waals surface area contributed by atoms with E-state index in [4.69, 9.17) is 0 Å². The average Bonchev–Trinajstić information content (AvgIpc) is 3.66. The molecular formula is C26H30N4O2S. The maximum Gasteiger partial charge on any atom is 0.271 e. The average molecular weight is 463 g/mol. The molecule has 0 amide bonds. The number of nitrogens with one attached hydrogen (secondary N) is 1. The molecule has 172 valence electrons. The van der Waals surface area contributed by atoms with Crippen LogP contribution in [0.3, 0.4) is 0 Å². The monoisotopic (exact) mass is 462 g/mol. The Kier molecular flexibility index (Phi) is 6.80. The van der Waals surface area contributed by atoms with Crippen LogP contribution in [0.1, 0.15) is 24.8 Å². The van der Waals surface area contributed by atoms with E-state index >= 15 is 0 Å². The first-order chi connectivity index (χ1) is 16.1. The van der Waals surface area contributed by atoms with Gasteiger partial charge >= 0.3 is 0 Å². The molecule has 33 heavy (non-hydrogen) atoms. The Morgan fingerprint density at radius 2 is 1.73 bits per heavy atom. The van der Waals surface area contributed by atoms with Gasteiger partial charge in [-0.2, -0.15) is 0 Å². The fourth-order valence-corrected chi connectivity index (χ4v) is 5.24. The van der Waals surface area contributed by atoms with Gasteiger partial charge in [-0.05, 0) is 84.8 Å². The lowest BCUT2D eigenvalue weighted by molar-refractivity contribution is -0.384. The number of nitro groups is 1. The largest absolute Gasteiger partial charge is 0.325 e. The first-order valence-electron chi connectivity index (χ1n) is 11.8. The van der Waals surface area contributed by atoms with Gasteiger partial charge in [0.15, 0.2) is 0 Å². The van der Waals surface area contributed by atoms with Crippen molar-refractivity contribution < 1.29 is 4.92 Å². The van der Waals surface area contributed by atoms with E-state index in [9.17, 15) is 10.1 Å². The highest BCUT2D eigenvalue weighted by Gasteiger charge is 2.25. The highest BCUT2D eigenvalue weighted by Crippen LogP contribution is 2.31. The zero-order valence-corrected chi connectivity index (χ0v) is 19.6. The van der Waals surface area contributed by atoms with E-state index < -0.39 is 0 Å². The molecule has 7 heteroatoms. The molecular weight excluding hydrogens is 432 g/mol. The normalized spacial score (nSPS) is 17.7. The van der Waals surface area contributed by atoms with Crippen LogP contribution >= 0.6 is 11.9 Å². The molecule has 5 rings (SSSR count). The van der Waals surface area contributed by atoms with Gasteiger partial charge in [0.2, 0.25) is 0 Å². The molecule has 1 N–H and O–H groups in total. The molecule has 0 spiro atoms. The van der Waals surface area contributed by atoms with Crippen LogP contribution in [0.4, 0.5) is 11.4 Å². The lowest BCUT2D eigenvalue weighted by Gasteiger charge is -2.22. The predicted octanol–water partition coefficient (Wildman–Crippen LogP) is 5.78. The molecule has 2 aliphatic rings. The molecule has 0 aromatic heterocycles. The lowest BCUT2D eigenvalue weighted by Crippen LogP contribution is -2.31. The molecule has 2 fully saturated rings. The molecule has 1 heterocycles. The summed E-state index contributed by atoms with van der Waals surface area (Å²) in [6, 6.07) is 20.0. The van der Waals surface area contributed by atoms with Crippen molar-refractivity contribution in [3.63, 3.8) is 0 Å². The third-order valence-electron chi connectivity index (χ3n) is 6.50. The minimum atomic E-state index is -0.296. The number of benzene rings is 3. The number of non-ortho nitro benzene ring substituents is 1. The second kappa shape index (κ2) is 10.1. The van der Waals surface area contributed by atoms with Crippen LogP contribution in [0.5, 0.6) is 0 Å². The number of fused-ring (bicyclic) bond motifs is 1. The molecule has 3 aromatic carbocycles. The maximum absolute atomic E-state index is 11.6. The van der Waals surface area contributed by atoms with Gasteiger partial charge in [-0.15, -0.1) is 0 Å². The standard InChI is InChI=1S/C26H30N4O2S/c31-30(32)25-15-21(19-29-11-3-10-28(12-13-29)18-20-6-7-20)14-24(17-25)27-33-26-9-8-22-4-1-2-5-23(22)16-26/h1-2,4-5,8-9,14-17,20,27H,3,6-7,10-13,18-19H2. The quantitative estimate of drug-likeness (QED) is 0.260. The van der Waals surface area contributed by atoms with Crippen molar-refractivity contribution >= 4 is 34.1 Å². The molecule has 1 saturated heterocycles. The molecule has 0 bridgehead atoms. The number of nitrogens with zero attached hydrogens (tertiary/aromatic N) is 3. The molecule has 0 unspecified atom stereocenters. The molecule has 0 atom stereocenters. The summed E-state index contributed by atoms with van der Waals surface area (Å²) in [6.45, 7) is 6.30. The second-order valence-corrected chi connectivity index (χ2v) is 10.1. The Hall–Kier alpha value is -2.61. The van der Waals surface area contributed by atoms with Gasteiger partial charge in [0.05, 0.1) is 10.6 Å². The van der Waals surface area contributed by atoms with Gasteiger partial charge in [-0.1, -0.05) is 30.3 Å². The van der Waals surface area contributed by atoms with Crippen molar-refractivity contribution in [2.24, 2.45) is 5.92 Å². The van der Waals surface area contributed by atoms with E-state index in [0.29, 0.717) is 0 Å². The SMILES string of the molecule is O=[N+]([O-])c1cc(CN2CCCN(CC3CC3)CC2)cc(NSc2ccc3ccccc3c2)c1. The van der Waals surface area contributed by atoms with E-state index in [-0.39, 0.29) is 10.6 Å². The van der Waals surface area contributed by atoms with Gasteiger partial charge in [-0.3, -0.25) is 15.0 Å². The molecule has 0 radical (unpaired) electrons. The molecule has 6 nitrogen and oxygen atoms in total.